The van der Waals surface area contributed by atoms with Crippen LogP contribution < -0.4 is 0 Å². The molecule has 0 aromatic rings. The van der Waals surface area contributed by atoms with E-state index in [0.29, 0.717) is 0 Å². The molecule has 0 aliphatic heterocycles. The summed E-state index contributed by atoms with van der Waals surface area (Å²) in [5.74, 6) is 0. The van der Waals surface area contributed by atoms with Gasteiger partial charge < -0.3 is 14.9 Å². The van der Waals surface area contributed by atoms with Crippen molar-refractivity contribution < 1.29 is 24.5 Å². The van der Waals surface area contributed by atoms with Crippen LogP contribution in [0.2, 0.25) is 0 Å². The molecule has 64 valence electrons. The van der Waals surface area contributed by atoms with E-state index in [2.05, 4.69) is 4.74 Å². The van der Waals surface area contributed by atoms with Gasteiger partial charge in [-0.25, -0.2) is 9.59 Å². The average molecular weight is 162 g/mol. The fraction of sp³-hybridized carbons (Fsp3) is 0.333. The quantitative estimate of drug-likeness (QED) is 0.323. The van der Waals surface area contributed by atoms with Crippen LogP contribution in [0.5, 0.6) is 0 Å². The number of allylic oxidation sites excluding steroid dienone is 2. The molecule has 0 spiro atoms. The molecule has 0 saturated heterocycles. The molecule has 0 saturated carbocycles. The number of ether oxygens (including phenoxy) is 1. The Morgan fingerprint density at radius 2 is 1.36 bits per heavy atom. The first-order chi connectivity index (χ1) is 5.04. The van der Waals surface area contributed by atoms with Crippen LogP contribution in [0, 0.1) is 0 Å². The maximum Gasteiger partial charge on any atom is 0.516 e. The molecule has 0 bridgehead atoms. The Bertz CT molecular complexity index is 133. The summed E-state index contributed by atoms with van der Waals surface area (Å²) in [5, 5.41) is 15.0. The fourth-order valence-electron chi connectivity index (χ4n) is 0.0747. The van der Waals surface area contributed by atoms with E-state index >= 15 is 0 Å². The topological polar surface area (TPSA) is 83.8 Å². The van der Waals surface area contributed by atoms with Gasteiger partial charge in [-0.05, 0) is 13.8 Å². The molecule has 0 atom stereocenters. The zero-order valence-electron chi connectivity index (χ0n) is 6.27. The molecule has 11 heavy (non-hydrogen) atoms. The normalized spacial score (nSPS) is 8.18. The van der Waals surface area contributed by atoms with Crippen molar-refractivity contribution in [3.8, 4) is 0 Å². The molecule has 0 unspecified atom stereocenters. The van der Waals surface area contributed by atoms with Gasteiger partial charge in [0, 0.05) is 0 Å². The third-order valence-electron chi connectivity index (χ3n) is 0.508. The molecule has 0 heterocycles. The van der Waals surface area contributed by atoms with Crippen molar-refractivity contribution in [2.45, 2.75) is 13.8 Å². The highest BCUT2D eigenvalue weighted by atomic mass is 16.7. The Morgan fingerprint density at radius 1 is 1.09 bits per heavy atom. The molecular formula is C6H10O5. The second-order valence-electron chi connectivity index (χ2n) is 1.30. The van der Waals surface area contributed by atoms with E-state index < -0.39 is 12.3 Å². The zero-order chi connectivity index (χ0) is 9.28. The summed E-state index contributed by atoms with van der Waals surface area (Å²) in [6, 6.07) is 0. The summed E-state index contributed by atoms with van der Waals surface area (Å²) >= 11 is 0. The van der Waals surface area contributed by atoms with Crippen LogP contribution in [-0.2, 0) is 4.74 Å². The summed E-state index contributed by atoms with van der Waals surface area (Å²) in [4.78, 5) is 18.4. The highest BCUT2D eigenvalue weighted by Gasteiger charge is 2.01. The lowest BCUT2D eigenvalue weighted by Gasteiger charge is -1.84. The van der Waals surface area contributed by atoms with Crippen molar-refractivity contribution in [2.75, 3.05) is 0 Å². The first kappa shape index (κ1) is 12.2. The molecule has 0 aliphatic rings. The van der Waals surface area contributed by atoms with E-state index in [4.69, 9.17) is 10.2 Å². The van der Waals surface area contributed by atoms with Crippen molar-refractivity contribution in [1.82, 2.24) is 0 Å². The van der Waals surface area contributed by atoms with Gasteiger partial charge in [0.15, 0.2) is 0 Å². The zero-order valence-corrected chi connectivity index (χ0v) is 6.27. The van der Waals surface area contributed by atoms with E-state index in [9.17, 15) is 9.59 Å². The Labute approximate surface area is 63.9 Å². The van der Waals surface area contributed by atoms with Crippen LogP contribution in [0.15, 0.2) is 12.2 Å². The number of carbonyl (C=O) groups is 2. The van der Waals surface area contributed by atoms with Gasteiger partial charge in [-0.3, -0.25) is 0 Å². The Balaban J connectivity index is 0. The van der Waals surface area contributed by atoms with Gasteiger partial charge in [-0.15, -0.1) is 0 Å². The Kier molecular flexibility index (Phi) is 9.39. The van der Waals surface area contributed by atoms with E-state index in [1.54, 1.807) is 0 Å². The monoisotopic (exact) mass is 162 g/mol. The highest BCUT2D eigenvalue weighted by Crippen LogP contribution is 1.73. The van der Waals surface area contributed by atoms with Gasteiger partial charge in [0.1, 0.15) is 0 Å². The minimum absolute atomic E-state index is 1.81. The molecule has 0 fully saturated rings. The standard InChI is InChI=1S/C4H8.C2H2O5/c1-3-4-2;3-1(4)7-2(5)6/h3-4H,1-2H3;(H,3,4)(H,5,6). The second-order valence-corrected chi connectivity index (χ2v) is 1.30. The van der Waals surface area contributed by atoms with Gasteiger partial charge in [0.05, 0.1) is 0 Å². The second kappa shape index (κ2) is 8.48. The summed E-state index contributed by atoms with van der Waals surface area (Å²) in [5.41, 5.74) is 0. The predicted octanol–water partition coefficient (Wildman–Crippen LogP) is 1.94. The van der Waals surface area contributed by atoms with Crippen LogP contribution >= 0.6 is 0 Å². The largest absolute Gasteiger partial charge is 0.516 e. The van der Waals surface area contributed by atoms with E-state index in [1.807, 2.05) is 26.0 Å². The molecule has 0 aromatic heterocycles. The van der Waals surface area contributed by atoms with Gasteiger partial charge in [-0.2, -0.15) is 0 Å². The first-order valence-electron chi connectivity index (χ1n) is 2.75. The summed E-state index contributed by atoms with van der Waals surface area (Å²) in [7, 11) is 0. The molecule has 5 nitrogen and oxygen atoms in total. The number of hydrogen-bond acceptors (Lipinski definition) is 3. The third kappa shape index (κ3) is 29.4. The van der Waals surface area contributed by atoms with Gasteiger partial charge >= 0.3 is 12.3 Å². The average Bonchev–Trinajstić information content (AvgIpc) is 1.85. The SMILES string of the molecule is CC=CC.O=C(O)OC(=O)O. The number of carboxylic acid groups (broad SMARTS) is 2. The van der Waals surface area contributed by atoms with Crippen molar-refractivity contribution in [1.29, 1.82) is 0 Å². The molecule has 0 amide bonds. The molecule has 0 rings (SSSR count). The minimum Gasteiger partial charge on any atom is -0.449 e. The minimum atomic E-state index is -1.81. The van der Waals surface area contributed by atoms with E-state index in [1.165, 1.54) is 0 Å². The Hall–Kier alpha value is -1.52. The molecule has 0 aliphatic carbocycles. The van der Waals surface area contributed by atoms with Crippen LogP contribution in [0.25, 0.3) is 0 Å². The molecule has 2 N–H and O–H groups in total. The van der Waals surface area contributed by atoms with Crippen LogP contribution in [0.1, 0.15) is 13.8 Å². The lowest BCUT2D eigenvalue weighted by Crippen LogP contribution is -2.05. The van der Waals surface area contributed by atoms with Crippen molar-refractivity contribution in [3.05, 3.63) is 12.2 Å². The van der Waals surface area contributed by atoms with Gasteiger partial charge in [-0.1, -0.05) is 12.2 Å². The smallest absolute Gasteiger partial charge is 0.449 e. The summed E-state index contributed by atoms with van der Waals surface area (Å²) < 4.78 is 3.08. The summed E-state index contributed by atoms with van der Waals surface area (Å²) in [6.45, 7) is 4.00. The molecule has 0 radical (unpaired) electrons. The lowest BCUT2D eigenvalue weighted by molar-refractivity contribution is 0.0802. The maximum atomic E-state index is 9.21. The van der Waals surface area contributed by atoms with Crippen LogP contribution in [0.4, 0.5) is 9.59 Å². The van der Waals surface area contributed by atoms with Crippen molar-refractivity contribution in [2.24, 2.45) is 0 Å². The van der Waals surface area contributed by atoms with Crippen LogP contribution in [-0.4, -0.2) is 22.5 Å². The van der Waals surface area contributed by atoms with E-state index in [0.717, 1.165) is 0 Å². The van der Waals surface area contributed by atoms with E-state index in [-0.39, 0.29) is 0 Å². The maximum absolute atomic E-state index is 9.21. The molecular weight excluding hydrogens is 152 g/mol. The predicted molar refractivity (Wildman–Crippen MR) is 37.6 cm³/mol. The highest BCUT2D eigenvalue weighted by molar-refractivity contribution is 5.74. The van der Waals surface area contributed by atoms with Crippen molar-refractivity contribution in [3.63, 3.8) is 0 Å². The van der Waals surface area contributed by atoms with Crippen LogP contribution in [0.3, 0.4) is 0 Å². The third-order valence-corrected chi connectivity index (χ3v) is 0.508. The van der Waals surface area contributed by atoms with Gasteiger partial charge in [0.2, 0.25) is 0 Å². The lowest BCUT2D eigenvalue weighted by atomic mass is 10.6. The first-order valence-corrected chi connectivity index (χ1v) is 2.75. The molecule has 0 aromatic carbocycles. The number of hydrogen-bond donors (Lipinski definition) is 2. The van der Waals surface area contributed by atoms with Gasteiger partial charge in [0.25, 0.3) is 0 Å². The number of rotatable bonds is 0. The summed E-state index contributed by atoms with van der Waals surface area (Å²) in [6.07, 6.45) is 0.375. The van der Waals surface area contributed by atoms with Crippen molar-refractivity contribution >= 4 is 12.3 Å². The Morgan fingerprint density at radius 3 is 1.36 bits per heavy atom. The fourth-order valence-corrected chi connectivity index (χ4v) is 0.0747. The molecule has 5 heteroatoms.